The monoisotopic (exact) mass is 334 g/mol. The van der Waals surface area contributed by atoms with Crippen LogP contribution in [0.4, 0.5) is 4.79 Å². The first kappa shape index (κ1) is 18.1. The van der Waals surface area contributed by atoms with Crippen LogP contribution in [0.25, 0.3) is 0 Å². The van der Waals surface area contributed by atoms with Crippen molar-refractivity contribution in [2.45, 2.75) is 45.6 Å². The van der Waals surface area contributed by atoms with Crippen molar-refractivity contribution in [3.05, 3.63) is 24.3 Å². The van der Waals surface area contributed by atoms with Gasteiger partial charge in [0.2, 0.25) is 0 Å². The Morgan fingerprint density at radius 1 is 0.958 bits per heavy atom. The normalized spacial score (nSPS) is 16.2. The molecular formula is C18H26N2O4. The number of hydrogen-bond donors (Lipinski definition) is 1. The van der Waals surface area contributed by atoms with Gasteiger partial charge in [0.15, 0.2) is 0 Å². The van der Waals surface area contributed by atoms with Crippen molar-refractivity contribution in [1.29, 1.82) is 0 Å². The second-order valence-electron chi connectivity index (χ2n) is 5.84. The molecule has 0 unspecified atom stereocenters. The van der Waals surface area contributed by atoms with Crippen molar-refractivity contribution in [3.8, 4) is 11.5 Å². The summed E-state index contributed by atoms with van der Waals surface area (Å²) in [6, 6.07) is 6.99. The van der Waals surface area contributed by atoms with Crippen molar-refractivity contribution in [2.75, 3.05) is 19.8 Å². The van der Waals surface area contributed by atoms with Crippen molar-refractivity contribution in [1.82, 2.24) is 10.2 Å². The van der Waals surface area contributed by atoms with Crippen LogP contribution in [-0.4, -0.2) is 42.1 Å². The largest absolute Gasteiger partial charge is 0.494 e. The van der Waals surface area contributed by atoms with E-state index >= 15 is 0 Å². The number of nitrogens with zero attached hydrogens (tertiary/aromatic N) is 1. The van der Waals surface area contributed by atoms with Gasteiger partial charge in [0, 0.05) is 0 Å². The van der Waals surface area contributed by atoms with Gasteiger partial charge < -0.3 is 14.8 Å². The van der Waals surface area contributed by atoms with E-state index in [2.05, 4.69) is 12.2 Å². The molecule has 1 fully saturated rings. The van der Waals surface area contributed by atoms with E-state index < -0.39 is 5.54 Å². The minimum atomic E-state index is -0.755. The first-order chi connectivity index (χ1) is 11.6. The van der Waals surface area contributed by atoms with Gasteiger partial charge in [-0.3, -0.25) is 9.69 Å². The van der Waals surface area contributed by atoms with Crippen LogP contribution in [0.15, 0.2) is 24.3 Å². The second-order valence-corrected chi connectivity index (χ2v) is 5.84. The molecule has 6 heteroatoms. The molecule has 0 spiro atoms. The van der Waals surface area contributed by atoms with Crippen molar-refractivity contribution in [2.24, 2.45) is 0 Å². The average molecular weight is 334 g/mol. The van der Waals surface area contributed by atoms with E-state index in [9.17, 15) is 9.59 Å². The number of urea groups is 1. The quantitative estimate of drug-likeness (QED) is 0.705. The average Bonchev–Trinajstić information content (AvgIpc) is 2.85. The van der Waals surface area contributed by atoms with E-state index in [4.69, 9.17) is 9.47 Å². The van der Waals surface area contributed by atoms with Crippen LogP contribution in [0, 0.1) is 0 Å². The van der Waals surface area contributed by atoms with Crippen LogP contribution >= 0.6 is 0 Å². The molecular weight excluding hydrogens is 308 g/mol. The maximum absolute atomic E-state index is 12.5. The third kappa shape index (κ3) is 3.80. The first-order valence-corrected chi connectivity index (χ1v) is 8.56. The lowest BCUT2D eigenvalue weighted by atomic mass is 9.93. The van der Waals surface area contributed by atoms with Crippen molar-refractivity contribution < 1.29 is 19.1 Å². The minimum absolute atomic E-state index is 0.163. The van der Waals surface area contributed by atoms with Crippen LogP contribution in [0.3, 0.4) is 0 Å². The Balaban J connectivity index is 1.85. The number of ether oxygens (including phenoxy) is 2. The Hall–Kier alpha value is -2.24. The Morgan fingerprint density at radius 2 is 1.50 bits per heavy atom. The molecule has 1 aromatic rings. The molecule has 0 atom stereocenters. The number of rotatable bonds is 9. The highest BCUT2D eigenvalue weighted by Crippen LogP contribution is 2.25. The summed E-state index contributed by atoms with van der Waals surface area (Å²) in [5.74, 6) is 1.32. The summed E-state index contributed by atoms with van der Waals surface area (Å²) >= 11 is 0. The molecule has 1 aromatic carbocycles. The van der Waals surface area contributed by atoms with Crippen LogP contribution in [0.5, 0.6) is 11.5 Å². The highest BCUT2D eigenvalue weighted by atomic mass is 16.5. The third-order valence-electron chi connectivity index (χ3n) is 4.33. The maximum Gasteiger partial charge on any atom is 0.325 e. The summed E-state index contributed by atoms with van der Waals surface area (Å²) < 4.78 is 11.1. The smallest absolute Gasteiger partial charge is 0.325 e. The fourth-order valence-electron chi connectivity index (χ4n) is 2.72. The molecule has 6 nitrogen and oxygen atoms in total. The van der Waals surface area contributed by atoms with E-state index in [1.54, 1.807) is 0 Å². The molecule has 0 bridgehead atoms. The summed E-state index contributed by atoms with van der Waals surface area (Å²) in [5, 5.41) is 2.81. The number of benzene rings is 1. The molecule has 0 saturated carbocycles. The Bertz CT molecular complexity index is 567. The molecule has 3 amide bonds. The fraction of sp³-hybridized carbons (Fsp3) is 0.556. The molecule has 132 valence electrons. The van der Waals surface area contributed by atoms with E-state index in [0.717, 1.165) is 12.2 Å². The lowest BCUT2D eigenvalue weighted by Crippen LogP contribution is -2.46. The lowest BCUT2D eigenvalue weighted by Gasteiger charge is -2.23. The van der Waals surface area contributed by atoms with E-state index in [-0.39, 0.29) is 25.1 Å². The number of nitrogens with one attached hydrogen (secondary N) is 1. The SMILES string of the molecule is CCCOc1ccc(OCCN2C(=O)NC(CC)(CC)C2=O)cc1. The standard InChI is InChI=1S/C18H26N2O4/c1-4-12-23-14-7-9-15(10-8-14)24-13-11-20-16(21)18(5-2,6-3)19-17(20)22/h7-10H,4-6,11-13H2,1-3H3,(H,19,22). The molecule has 0 radical (unpaired) electrons. The van der Waals surface area contributed by atoms with Gasteiger partial charge in [-0.2, -0.15) is 0 Å². The van der Waals surface area contributed by atoms with Gasteiger partial charge in [0.25, 0.3) is 5.91 Å². The number of carbonyl (C=O) groups is 2. The van der Waals surface area contributed by atoms with Crippen LogP contribution in [-0.2, 0) is 4.79 Å². The first-order valence-electron chi connectivity index (χ1n) is 8.56. The third-order valence-corrected chi connectivity index (χ3v) is 4.33. The molecule has 0 aromatic heterocycles. The molecule has 24 heavy (non-hydrogen) atoms. The van der Waals surface area contributed by atoms with Crippen molar-refractivity contribution in [3.63, 3.8) is 0 Å². The Morgan fingerprint density at radius 3 is 1.96 bits per heavy atom. The van der Waals surface area contributed by atoms with Crippen LogP contribution < -0.4 is 14.8 Å². The summed E-state index contributed by atoms with van der Waals surface area (Å²) in [7, 11) is 0. The van der Waals surface area contributed by atoms with Crippen molar-refractivity contribution >= 4 is 11.9 Å². The summed E-state index contributed by atoms with van der Waals surface area (Å²) in [6.07, 6.45) is 2.14. The van der Waals surface area contributed by atoms with Gasteiger partial charge >= 0.3 is 6.03 Å². The second kappa shape index (κ2) is 8.04. The summed E-state index contributed by atoms with van der Waals surface area (Å²) in [4.78, 5) is 25.7. The number of amides is 3. The Kier molecular flexibility index (Phi) is 6.06. The van der Waals surface area contributed by atoms with Crippen LogP contribution in [0.2, 0.25) is 0 Å². The topological polar surface area (TPSA) is 67.9 Å². The Labute approximate surface area is 143 Å². The predicted molar refractivity (Wildman–Crippen MR) is 91.3 cm³/mol. The molecule has 1 N–H and O–H groups in total. The predicted octanol–water partition coefficient (Wildman–Crippen LogP) is 2.96. The molecule has 0 aliphatic carbocycles. The van der Waals surface area contributed by atoms with E-state index in [1.807, 2.05) is 38.1 Å². The van der Waals surface area contributed by atoms with E-state index in [1.165, 1.54) is 4.90 Å². The molecule has 1 saturated heterocycles. The summed E-state index contributed by atoms with van der Waals surface area (Å²) in [5.41, 5.74) is -0.755. The highest BCUT2D eigenvalue weighted by molar-refractivity contribution is 6.06. The molecule has 1 aliphatic heterocycles. The van der Waals surface area contributed by atoms with Gasteiger partial charge in [-0.15, -0.1) is 0 Å². The lowest BCUT2D eigenvalue weighted by molar-refractivity contribution is -0.131. The zero-order valence-corrected chi connectivity index (χ0v) is 14.6. The molecule has 1 aliphatic rings. The van der Waals surface area contributed by atoms with Gasteiger partial charge in [0.05, 0.1) is 13.2 Å². The fourth-order valence-corrected chi connectivity index (χ4v) is 2.72. The maximum atomic E-state index is 12.5. The zero-order valence-electron chi connectivity index (χ0n) is 14.6. The minimum Gasteiger partial charge on any atom is -0.494 e. The van der Waals surface area contributed by atoms with Gasteiger partial charge in [-0.25, -0.2) is 4.79 Å². The number of imide groups is 1. The van der Waals surface area contributed by atoms with Crippen LogP contribution in [0.1, 0.15) is 40.0 Å². The van der Waals surface area contributed by atoms with Gasteiger partial charge in [-0.1, -0.05) is 20.8 Å². The number of carbonyl (C=O) groups excluding carboxylic acids is 2. The molecule has 2 rings (SSSR count). The number of hydrogen-bond acceptors (Lipinski definition) is 4. The van der Waals surface area contributed by atoms with Gasteiger partial charge in [0.1, 0.15) is 23.6 Å². The summed E-state index contributed by atoms with van der Waals surface area (Å²) in [6.45, 7) is 7.05. The highest BCUT2D eigenvalue weighted by Gasteiger charge is 2.48. The van der Waals surface area contributed by atoms with Gasteiger partial charge in [-0.05, 0) is 43.5 Å². The molecule has 1 heterocycles. The zero-order chi connectivity index (χ0) is 17.6. The van der Waals surface area contributed by atoms with E-state index in [0.29, 0.717) is 25.2 Å².